The molecule has 0 aliphatic heterocycles. The average molecular weight is 394 g/mol. The standard InChI is InChI=1S/C22H23N3O2S/c1-15-9-16(2)11-19(10-15)24-20(26)13-25-21(27)12-17(3)23-22(25)28-14-18-7-5-4-6-8-18/h4-12H,13-14H2,1-3H3,(H,24,26). The van der Waals surface area contributed by atoms with Crippen LogP contribution in [0.5, 0.6) is 0 Å². The Hall–Kier alpha value is -2.86. The fourth-order valence-corrected chi connectivity index (χ4v) is 3.97. The number of rotatable bonds is 6. The molecule has 144 valence electrons. The van der Waals surface area contributed by atoms with Gasteiger partial charge in [-0.05, 0) is 49.6 Å². The molecule has 1 N–H and O–H groups in total. The molecular weight excluding hydrogens is 370 g/mol. The molecule has 3 aromatic rings. The van der Waals surface area contributed by atoms with Crippen molar-refractivity contribution in [1.29, 1.82) is 0 Å². The van der Waals surface area contributed by atoms with E-state index in [9.17, 15) is 9.59 Å². The first kappa shape index (κ1) is 19.9. The van der Waals surface area contributed by atoms with Gasteiger partial charge >= 0.3 is 0 Å². The zero-order valence-corrected chi connectivity index (χ0v) is 17.0. The van der Waals surface area contributed by atoms with Gasteiger partial charge in [0.2, 0.25) is 5.91 Å². The lowest BCUT2D eigenvalue weighted by atomic mass is 10.1. The molecule has 0 saturated heterocycles. The van der Waals surface area contributed by atoms with Gasteiger partial charge in [0.15, 0.2) is 5.16 Å². The van der Waals surface area contributed by atoms with E-state index < -0.39 is 0 Å². The maximum absolute atomic E-state index is 12.6. The second kappa shape index (κ2) is 8.89. The highest BCUT2D eigenvalue weighted by Gasteiger charge is 2.13. The highest BCUT2D eigenvalue weighted by molar-refractivity contribution is 7.98. The van der Waals surface area contributed by atoms with E-state index in [4.69, 9.17) is 0 Å². The van der Waals surface area contributed by atoms with Crippen LogP contribution in [-0.4, -0.2) is 15.5 Å². The summed E-state index contributed by atoms with van der Waals surface area (Å²) in [6.45, 7) is 5.68. The zero-order chi connectivity index (χ0) is 20.1. The molecule has 0 atom stereocenters. The molecule has 0 unspecified atom stereocenters. The molecule has 1 amide bonds. The van der Waals surface area contributed by atoms with Crippen molar-refractivity contribution in [3.63, 3.8) is 0 Å². The molecule has 3 rings (SSSR count). The first-order valence-electron chi connectivity index (χ1n) is 9.04. The van der Waals surface area contributed by atoms with Crippen molar-refractivity contribution in [1.82, 2.24) is 9.55 Å². The number of nitrogens with zero attached hydrogens (tertiary/aromatic N) is 2. The van der Waals surface area contributed by atoms with Gasteiger partial charge in [0, 0.05) is 23.2 Å². The Morgan fingerprint density at radius 2 is 1.71 bits per heavy atom. The number of aromatic nitrogens is 2. The highest BCUT2D eigenvalue weighted by Crippen LogP contribution is 2.20. The molecule has 2 aromatic carbocycles. The average Bonchev–Trinajstić information content (AvgIpc) is 2.62. The molecule has 0 saturated carbocycles. The van der Waals surface area contributed by atoms with Crippen LogP contribution < -0.4 is 10.9 Å². The fraction of sp³-hybridized carbons (Fsp3) is 0.227. The van der Waals surface area contributed by atoms with Crippen LogP contribution in [-0.2, 0) is 17.1 Å². The van der Waals surface area contributed by atoms with E-state index in [1.165, 1.54) is 22.4 Å². The van der Waals surface area contributed by atoms with Crippen molar-refractivity contribution in [3.05, 3.63) is 87.3 Å². The first-order valence-corrected chi connectivity index (χ1v) is 10.0. The Balaban J connectivity index is 1.78. The summed E-state index contributed by atoms with van der Waals surface area (Å²) in [6.07, 6.45) is 0. The predicted octanol–water partition coefficient (Wildman–Crippen LogP) is 4.10. The van der Waals surface area contributed by atoms with E-state index in [0.717, 1.165) is 22.4 Å². The number of hydrogen-bond acceptors (Lipinski definition) is 4. The molecule has 6 heteroatoms. The minimum atomic E-state index is -0.251. The molecular formula is C22H23N3O2S. The normalized spacial score (nSPS) is 10.7. The maximum Gasteiger partial charge on any atom is 0.254 e. The quantitative estimate of drug-likeness (QED) is 0.506. The third kappa shape index (κ3) is 5.33. The van der Waals surface area contributed by atoms with E-state index in [0.29, 0.717) is 16.6 Å². The number of benzene rings is 2. The Morgan fingerprint density at radius 3 is 2.39 bits per heavy atom. The van der Waals surface area contributed by atoms with Gasteiger partial charge < -0.3 is 5.32 Å². The third-order valence-electron chi connectivity index (χ3n) is 4.12. The number of anilines is 1. The first-order chi connectivity index (χ1) is 13.4. The van der Waals surface area contributed by atoms with Crippen molar-refractivity contribution >= 4 is 23.4 Å². The van der Waals surface area contributed by atoms with Gasteiger partial charge in [-0.3, -0.25) is 14.2 Å². The van der Waals surface area contributed by atoms with Crippen LogP contribution in [0.2, 0.25) is 0 Å². The molecule has 0 radical (unpaired) electrons. The van der Waals surface area contributed by atoms with Crippen LogP contribution in [0.15, 0.2) is 64.5 Å². The van der Waals surface area contributed by atoms with E-state index in [-0.39, 0.29) is 18.0 Å². The Kier molecular flexibility index (Phi) is 6.31. The maximum atomic E-state index is 12.6. The second-order valence-corrected chi connectivity index (χ2v) is 7.75. The minimum Gasteiger partial charge on any atom is -0.325 e. The summed E-state index contributed by atoms with van der Waals surface area (Å²) in [6, 6.07) is 17.3. The smallest absolute Gasteiger partial charge is 0.254 e. The Bertz CT molecular complexity index is 1030. The number of hydrogen-bond donors (Lipinski definition) is 1. The number of carbonyl (C=O) groups excluding carboxylic acids is 1. The molecule has 1 heterocycles. The summed E-state index contributed by atoms with van der Waals surface area (Å²) >= 11 is 1.45. The number of carbonyl (C=O) groups is 1. The topological polar surface area (TPSA) is 64.0 Å². The van der Waals surface area contributed by atoms with Gasteiger partial charge in [-0.15, -0.1) is 0 Å². The third-order valence-corrected chi connectivity index (χ3v) is 5.17. The van der Waals surface area contributed by atoms with E-state index in [1.54, 1.807) is 6.92 Å². The van der Waals surface area contributed by atoms with E-state index in [2.05, 4.69) is 10.3 Å². The molecule has 5 nitrogen and oxygen atoms in total. The molecule has 0 bridgehead atoms. The van der Waals surface area contributed by atoms with Crippen LogP contribution in [0.1, 0.15) is 22.4 Å². The molecule has 1 aromatic heterocycles. The van der Waals surface area contributed by atoms with Crippen molar-refractivity contribution in [2.24, 2.45) is 0 Å². The molecule has 28 heavy (non-hydrogen) atoms. The van der Waals surface area contributed by atoms with Gasteiger partial charge in [0.25, 0.3) is 5.56 Å². The monoisotopic (exact) mass is 393 g/mol. The van der Waals surface area contributed by atoms with Crippen molar-refractivity contribution in [3.8, 4) is 0 Å². The van der Waals surface area contributed by atoms with Gasteiger partial charge in [0.1, 0.15) is 6.54 Å². The molecule has 0 spiro atoms. The van der Waals surface area contributed by atoms with E-state index >= 15 is 0 Å². The lowest BCUT2D eigenvalue weighted by Gasteiger charge is -2.13. The largest absolute Gasteiger partial charge is 0.325 e. The minimum absolute atomic E-state index is 0.0732. The number of thioether (sulfide) groups is 1. The SMILES string of the molecule is Cc1cc(C)cc(NC(=O)Cn2c(SCc3ccccc3)nc(C)cc2=O)c1. The van der Waals surface area contributed by atoms with Crippen molar-refractivity contribution in [2.75, 3.05) is 5.32 Å². The molecule has 0 fully saturated rings. The molecule has 0 aliphatic rings. The lowest BCUT2D eigenvalue weighted by molar-refractivity contribution is -0.116. The van der Waals surface area contributed by atoms with Crippen molar-refractivity contribution in [2.45, 2.75) is 38.2 Å². The summed E-state index contributed by atoms with van der Waals surface area (Å²) in [5.41, 5.74) is 4.43. The highest BCUT2D eigenvalue weighted by atomic mass is 32.2. The second-order valence-electron chi connectivity index (χ2n) is 6.80. The molecule has 0 aliphatic carbocycles. The van der Waals surface area contributed by atoms with Crippen LogP contribution in [0.25, 0.3) is 0 Å². The summed E-state index contributed by atoms with van der Waals surface area (Å²) in [5.74, 6) is 0.425. The summed E-state index contributed by atoms with van der Waals surface area (Å²) in [4.78, 5) is 29.5. The van der Waals surface area contributed by atoms with Gasteiger partial charge in [-0.2, -0.15) is 0 Å². The van der Waals surface area contributed by atoms with Crippen LogP contribution >= 0.6 is 11.8 Å². The van der Waals surface area contributed by atoms with E-state index in [1.807, 2.05) is 62.4 Å². The van der Waals surface area contributed by atoms with Gasteiger partial charge in [0.05, 0.1) is 0 Å². The van der Waals surface area contributed by atoms with Crippen LogP contribution in [0, 0.1) is 20.8 Å². The number of nitrogens with one attached hydrogen (secondary N) is 1. The summed E-state index contributed by atoms with van der Waals surface area (Å²) < 4.78 is 1.43. The number of amides is 1. The van der Waals surface area contributed by atoms with Crippen LogP contribution in [0.4, 0.5) is 5.69 Å². The summed E-state index contributed by atoms with van der Waals surface area (Å²) in [7, 11) is 0. The lowest BCUT2D eigenvalue weighted by Crippen LogP contribution is -2.29. The fourth-order valence-electron chi connectivity index (χ4n) is 2.96. The zero-order valence-electron chi connectivity index (χ0n) is 16.2. The Labute approximate surface area is 168 Å². The van der Waals surface area contributed by atoms with Gasteiger partial charge in [-0.25, -0.2) is 4.98 Å². The van der Waals surface area contributed by atoms with Crippen molar-refractivity contribution < 1.29 is 4.79 Å². The number of aryl methyl sites for hydroxylation is 3. The van der Waals surface area contributed by atoms with Crippen LogP contribution in [0.3, 0.4) is 0 Å². The van der Waals surface area contributed by atoms with Gasteiger partial charge in [-0.1, -0.05) is 48.2 Å². The Morgan fingerprint density at radius 1 is 1.04 bits per heavy atom. The predicted molar refractivity (Wildman–Crippen MR) is 114 cm³/mol. The summed E-state index contributed by atoms with van der Waals surface area (Å²) in [5, 5.41) is 3.42.